The molecule has 1 N–H and O–H groups in total. The average Bonchev–Trinajstić information content (AvgIpc) is 2.68. The van der Waals surface area contributed by atoms with Gasteiger partial charge in [-0.3, -0.25) is 0 Å². The van der Waals surface area contributed by atoms with Gasteiger partial charge >= 0.3 is 0 Å². The zero-order valence-corrected chi connectivity index (χ0v) is 19.2. The molecule has 3 aromatic carbocycles. The summed E-state index contributed by atoms with van der Waals surface area (Å²) in [7, 11) is 0.412. The topological polar surface area (TPSA) is 12.0 Å². The van der Waals surface area contributed by atoms with Crippen LogP contribution in [0.1, 0.15) is 6.42 Å². The summed E-state index contributed by atoms with van der Waals surface area (Å²) in [5, 5.41) is 7.72. The number of halogens is 2. The van der Waals surface area contributed by atoms with Crippen molar-refractivity contribution in [3.63, 3.8) is 0 Å². The maximum atomic E-state index is 3.31. The van der Waals surface area contributed by atoms with Crippen LogP contribution in [0.3, 0.4) is 0 Å². The summed E-state index contributed by atoms with van der Waals surface area (Å²) in [5.74, 6) is 0. The average molecular weight is 495 g/mol. The van der Waals surface area contributed by atoms with Gasteiger partial charge in [0.2, 0.25) is 0 Å². The summed E-state index contributed by atoms with van der Waals surface area (Å²) in [6.45, 7) is 1.05. The second-order valence-electron chi connectivity index (χ2n) is 6.00. The Labute approximate surface area is 179 Å². The minimum atomic E-state index is -1.62. The molecular weight excluding hydrogens is 469 g/mol. The number of rotatable bonds is 7. The largest absolute Gasteiger partial charge is 1.00 e. The zero-order chi connectivity index (χ0) is 16.7. The lowest BCUT2D eigenvalue weighted by molar-refractivity contribution is -0.00000486. The van der Waals surface area contributed by atoms with Crippen molar-refractivity contribution in [1.29, 1.82) is 0 Å². The molecule has 0 atom stereocenters. The highest BCUT2D eigenvalue weighted by atomic mass is 79.9. The monoisotopic (exact) mass is 493 g/mol. The number of hydrogen-bond acceptors (Lipinski definition) is 1. The van der Waals surface area contributed by atoms with E-state index in [1.807, 2.05) is 7.05 Å². The first-order chi connectivity index (χ1) is 11.9. The lowest BCUT2D eigenvalue weighted by Gasteiger charge is -2.27. The van der Waals surface area contributed by atoms with Crippen LogP contribution in [0.4, 0.5) is 0 Å². The van der Waals surface area contributed by atoms with Crippen LogP contribution < -0.4 is 38.2 Å². The fraction of sp³-hybridized carbons (Fsp3) is 0.182. The molecule has 0 aliphatic heterocycles. The molecule has 0 bridgehead atoms. The van der Waals surface area contributed by atoms with E-state index in [-0.39, 0.29) is 34.0 Å². The van der Waals surface area contributed by atoms with Crippen LogP contribution in [-0.4, -0.2) is 19.8 Å². The van der Waals surface area contributed by atoms with Gasteiger partial charge in [-0.2, -0.15) is 0 Å². The third-order valence-electron chi connectivity index (χ3n) is 4.51. The van der Waals surface area contributed by atoms with Gasteiger partial charge in [0.15, 0.2) is 0 Å². The van der Waals surface area contributed by atoms with Crippen molar-refractivity contribution in [2.75, 3.05) is 19.8 Å². The SMILES string of the molecule is Br.CNCCC[P+](c1ccccc1)(c1ccccc1)c1ccccc1.[Br-]. The van der Waals surface area contributed by atoms with Crippen LogP contribution in [0.25, 0.3) is 0 Å². The van der Waals surface area contributed by atoms with E-state index < -0.39 is 7.26 Å². The lowest BCUT2D eigenvalue weighted by atomic mass is 10.3. The molecule has 0 aliphatic rings. The van der Waals surface area contributed by atoms with Gasteiger partial charge in [0.1, 0.15) is 23.2 Å². The highest BCUT2D eigenvalue weighted by Crippen LogP contribution is 2.55. The Bertz CT molecular complexity index is 639. The van der Waals surface area contributed by atoms with E-state index in [0.29, 0.717) is 0 Å². The first-order valence-corrected chi connectivity index (χ1v) is 10.5. The summed E-state index contributed by atoms with van der Waals surface area (Å²) in [6.07, 6.45) is 2.36. The van der Waals surface area contributed by atoms with Gasteiger partial charge in [0.25, 0.3) is 0 Å². The summed E-state index contributed by atoms with van der Waals surface area (Å²) in [6, 6.07) is 33.3. The van der Waals surface area contributed by atoms with Crippen molar-refractivity contribution in [1.82, 2.24) is 5.32 Å². The molecule has 4 heteroatoms. The van der Waals surface area contributed by atoms with Gasteiger partial charge in [-0.05, 0) is 56.4 Å². The van der Waals surface area contributed by atoms with E-state index in [1.54, 1.807) is 0 Å². The second-order valence-corrected chi connectivity index (χ2v) is 9.61. The van der Waals surface area contributed by atoms with Gasteiger partial charge in [-0.1, -0.05) is 54.6 Å². The Morgan fingerprint density at radius 3 is 1.31 bits per heavy atom. The summed E-state index contributed by atoms with van der Waals surface area (Å²) in [4.78, 5) is 0. The number of benzene rings is 3. The quantitative estimate of drug-likeness (QED) is 0.384. The molecule has 0 spiro atoms. The van der Waals surface area contributed by atoms with Gasteiger partial charge in [-0.15, -0.1) is 17.0 Å². The predicted octanol–water partition coefficient (Wildman–Crippen LogP) is 1.17. The van der Waals surface area contributed by atoms with E-state index in [1.165, 1.54) is 28.5 Å². The molecule has 0 saturated heterocycles. The van der Waals surface area contributed by atoms with Crippen molar-refractivity contribution >= 4 is 40.2 Å². The predicted molar refractivity (Wildman–Crippen MR) is 119 cm³/mol. The van der Waals surface area contributed by atoms with Crippen molar-refractivity contribution in [2.24, 2.45) is 0 Å². The molecule has 3 rings (SSSR count). The molecule has 138 valence electrons. The molecule has 0 amide bonds. The first-order valence-electron chi connectivity index (χ1n) is 8.57. The van der Waals surface area contributed by atoms with E-state index in [9.17, 15) is 0 Å². The molecule has 26 heavy (non-hydrogen) atoms. The van der Waals surface area contributed by atoms with E-state index in [4.69, 9.17) is 0 Å². The van der Waals surface area contributed by atoms with Crippen LogP contribution in [0.5, 0.6) is 0 Å². The number of hydrogen-bond donors (Lipinski definition) is 1. The summed E-state index contributed by atoms with van der Waals surface area (Å²) < 4.78 is 0. The van der Waals surface area contributed by atoms with E-state index >= 15 is 0 Å². The van der Waals surface area contributed by atoms with Crippen molar-refractivity contribution in [3.05, 3.63) is 91.0 Å². The van der Waals surface area contributed by atoms with Crippen molar-refractivity contribution < 1.29 is 17.0 Å². The second kappa shape index (κ2) is 11.7. The Hall–Kier alpha value is -0.990. The molecule has 3 aromatic rings. The normalized spacial score (nSPS) is 10.5. The first kappa shape index (κ1) is 23.0. The molecule has 0 aromatic heterocycles. The summed E-state index contributed by atoms with van der Waals surface area (Å²) >= 11 is 0. The van der Waals surface area contributed by atoms with Crippen LogP contribution in [0.2, 0.25) is 0 Å². The smallest absolute Gasteiger partial charge is 0.112 e. The van der Waals surface area contributed by atoms with Crippen LogP contribution in [0, 0.1) is 0 Å². The molecule has 0 saturated carbocycles. The lowest BCUT2D eigenvalue weighted by Crippen LogP contribution is -3.00. The minimum absolute atomic E-state index is 0. The molecule has 0 aliphatic carbocycles. The fourth-order valence-electron chi connectivity index (χ4n) is 3.37. The van der Waals surface area contributed by atoms with Crippen molar-refractivity contribution in [2.45, 2.75) is 6.42 Å². The third-order valence-corrected chi connectivity index (χ3v) is 9.04. The zero-order valence-electron chi connectivity index (χ0n) is 15.0. The van der Waals surface area contributed by atoms with Gasteiger partial charge in [0, 0.05) is 0 Å². The highest BCUT2D eigenvalue weighted by Gasteiger charge is 2.44. The van der Waals surface area contributed by atoms with Crippen LogP contribution in [-0.2, 0) is 0 Å². The Kier molecular flexibility index (Phi) is 10.3. The molecule has 0 unspecified atom stereocenters. The third kappa shape index (κ3) is 5.04. The van der Waals surface area contributed by atoms with Crippen LogP contribution in [0.15, 0.2) is 91.0 Å². The Morgan fingerprint density at radius 2 is 1.00 bits per heavy atom. The molecular formula is C22H26Br2NP. The highest BCUT2D eigenvalue weighted by molar-refractivity contribution is 8.93. The van der Waals surface area contributed by atoms with Gasteiger partial charge in [0.05, 0.1) is 6.16 Å². The van der Waals surface area contributed by atoms with E-state index in [0.717, 1.165) is 6.54 Å². The molecule has 0 radical (unpaired) electrons. The molecule has 0 heterocycles. The fourth-order valence-corrected chi connectivity index (χ4v) is 7.72. The van der Waals surface area contributed by atoms with Crippen LogP contribution >= 0.6 is 24.2 Å². The maximum absolute atomic E-state index is 3.31. The standard InChI is InChI=1S/C22H25NP.2BrH/c1-23-18-11-19-24(20-12-5-2-6-13-20,21-14-7-3-8-15-21)22-16-9-4-10-17-22;;/h2-10,12-17,23H,11,18-19H2,1H3;2*1H/q+1;;/p-1. The maximum Gasteiger partial charge on any atom is 0.112 e. The Balaban J connectivity index is 0.00000169. The van der Waals surface area contributed by atoms with Gasteiger partial charge < -0.3 is 22.3 Å². The molecule has 0 fully saturated rings. The number of nitrogens with one attached hydrogen (secondary N) is 1. The van der Waals surface area contributed by atoms with Crippen molar-refractivity contribution in [3.8, 4) is 0 Å². The Morgan fingerprint density at radius 1 is 0.654 bits per heavy atom. The van der Waals surface area contributed by atoms with Gasteiger partial charge in [-0.25, -0.2) is 0 Å². The minimum Gasteiger partial charge on any atom is -1.00 e. The summed E-state index contributed by atoms with van der Waals surface area (Å²) in [5.41, 5.74) is 0. The van der Waals surface area contributed by atoms with E-state index in [2.05, 4.69) is 96.3 Å². The molecule has 1 nitrogen and oxygen atoms in total.